The molecule has 0 amide bonds. The first-order valence-corrected chi connectivity index (χ1v) is 20.1. The number of methoxy groups -OCH3 is 1. The van der Waals surface area contributed by atoms with Gasteiger partial charge in [0.05, 0.1) is 32.0 Å². The molecule has 0 saturated carbocycles. The van der Waals surface area contributed by atoms with E-state index in [1.165, 1.54) is 46.1 Å². The van der Waals surface area contributed by atoms with E-state index < -0.39 is 158 Å². The van der Waals surface area contributed by atoms with Crippen LogP contribution in [0.25, 0.3) is 22.3 Å². The molecular formula is C40H52O24. The zero-order valence-corrected chi connectivity index (χ0v) is 34.4. The molecule has 13 N–H and O–H groups in total. The molecule has 0 unspecified atom stereocenters. The summed E-state index contributed by atoms with van der Waals surface area (Å²) in [4.78, 5) is 14.6. The third kappa shape index (κ3) is 9.08. The van der Waals surface area contributed by atoms with Crippen LogP contribution in [0, 0.1) is 0 Å². The van der Waals surface area contributed by atoms with E-state index in [2.05, 4.69) is 0 Å². The van der Waals surface area contributed by atoms with Gasteiger partial charge in [0.1, 0.15) is 95.7 Å². The second kappa shape index (κ2) is 19.1. The van der Waals surface area contributed by atoms with Gasteiger partial charge in [-0.2, -0.15) is 0 Å². The number of ether oxygens (including phenoxy) is 9. The number of fused-ring (bicyclic) bond motifs is 1. The lowest BCUT2D eigenvalue weighted by molar-refractivity contribution is -0.360. The number of aliphatic hydroxyl groups is 11. The van der Waals surface area contributed by atoms with E-state index >= 15 is 0 Å². The minimum Gasteiger partial charge on any atom is -0.507 e. The maximum Gasteiger partial charge on any atom is 0.239 e. The first-order valence-electron chi connectivity index (χ1n) is 20.1. The van der Waals surface area contributed by atoms with Gasteiger partial charge in [-0.1, -0.05) is 0 Å². The number of aliphatic hydroxyl groups excluding tert-OH is 11. The highest BCUT2D eigenvalue weighted by Gasteiger charge is 2.52. The highest BCUT2D eigenvalue weighted by atomic mass is 16.8. The van der Waals surface area contributed by atoms with Crippen molar-refractivity contribution in [1.29, 1.82) is 0 Å². The van der Waals surface area contributed by atoms with Gasteiger partial charge in [0.25, 0.3) is 0 Å². The Morgan fingerprint density at radius 1 is 0.578 bits per heavy atom. The van der Waals surface area contributed by atoms with Gasteiger partial charge in [0.15, 0.2) is 35.9 Å². The molecule has 24 heteroatoms. The van der Waals surface area contributed by atoms with Crippen molar-refractivity contribution in [3.63, 3.8) is 0 Å². The maximum absolute atomic E-state index is 14.6. The molecule has 64 heavy (non-hydrogen) atoms. The van der Waals surface area contributed by atoms with Crippen molar-refractivity contribution in [3.05, 3.63) is 40.6 Å². The minimum absolute atomic E-state index is 0.0181. The van der Waals surface area contributed by atoms with Crippen molar-refractivity contribution < 1.29 is 113 Å². The molecule has 4 aliphatic rings. The Bertz CT molecular complexity index is 2150. The van der Waals surface area contributed by atoms with Crippen molar-refractivity contribution in [3.8, 4) is 40.1 Å². The number of hydrogen-bond acceptors (Lipinski definition) is 24. The lowest BCUT2D eigenvalue weighted by atomic mass is 9.97. The summed E-state index contributed by atoms with van der Waals surface area (Å²) in [6, 6.07) is 5.77. The quantitative estimate of drug-likeness (QED) is 0.0871. The average Bonchev–Trinajstić information content (AvgIpc) is 3.26. The summed E-state index contributed by atoms with van der Waals surface area (Å²) in [5.74, 6) is -2.71. The zero-order valence-electron chi connectivity index (χ0n) is 34.4. The van der Waals surface area contributed by atoms with Gasteiger partial charge < -0.3 is 113 Å². The number of hydrogen-bond donors (Lipinski definition) is 13. The third-order valence-corrected chi connectivity index (χ3v) is 11.6. The van der Waals surface area contributed by atoms with E-state index in [0.717, 1.165) is 12.1 Å². The van der Waals surface area contributed by atoms with E-state index in [1.54, 1.807) is 0 Å². The number of benzene rings is 2. The third-order valence-electron chi connectivity index (χ3n) is 11.6. The molecule has 24 nitrogen and oxygen atoms in total. The fraction of sp³-hybridized carbons (Fsp3) is 0.625. The summed E-state index contributed by atoms with van der Waals surface area (Å²) in [6.07, 6.45) is -33.1. The van der Waals surface area contributed by atoms with E-state index in [4.69, 9.17) is 47.0 Å². The zero-order chi connectivity index (χ0) is 46.6. The van der Waals surface area contributed by atoms with Gasteiger partial charge in [-0.25, -0.2) is 0 Å². The lowest BCUT2D eigenvalue weighted by Crippen LogP contribution is -2.65. The summed E-state index contributed by atoms with van der Waals surface area (Å²) in [6.45, 7) is 3.43. The van der Waals surface area contributed by atoms with Gasteiger partial charge in [-0.3, -0.25) is 4.79 Å². The fourth-order valence-corrected chi connectivity index (χ4v) is 7.71. The normalized spacial score (nSPS) is 40.5. The number of phenols is 2. The Morgan fingerprint density at radius 3 is 1.75 bits per heavy atom. The minimum atomic E-state index is -2.08. The van der Waals surface area contributed by atoms with Crippen LogP contribution in [-0.2, 0) is 28.4 Å². The van der Waals surface area contributed by atoms with E-state index in [0.29, 0.717) is 0 Å². The van der Waals surface area contributed by atoms with E-state index in [9.17, 15) is 71.2 Å². The van der Waals surface area contributed by atoms with E-state index in [-0.39, 0.29) is 28.4 Å². The molecule has 4 aliphatic heterocycles. The molecule has 20 atom stereocenters. The average molecular weight is 917 g/mol. The molecule has 4 fully saturated rings. The summed E-state index contributed by atoms with van der Waals surface area (Å²) in [5.41, 5.74) is -1.51. The van der Waals surface area contributed by atoms with Crippen LogP contribution < -0.4 is 19.6 Å². The van der Waals surface area contributed by atoms with Crippen LogP contribution >= 0.6 is 0 Å². The molecule has 0 aliphatic carbocycles. The van der Waals surface area contributed by atoms with Crippen molar-refractivity contribution in [2.45, 2.75) is 144 Å². The second-order valence-electron chi connectivity index (χ2n) is 16.0. The standard InChI is InChI=1S/C40H52O24/c1-11-22(43)27(48)31(52)37(57-11)56-10-20-25(46)30(51)36(64-39-33(54)29(50)24(45)13(3)59-39)40(62-20)63-35-26(47)21-17(42)8-15(60-38-32(53)28(49)23(44)12(2)58-38)9-19(21)61-34(35)14-5-6-16(41)18(7-14)55-4/h5-9,11-13,20,22-25,27-33,36-46,48-54H,10H2,1-4H3/t11-,12-,13-,20+,22-,23-,24-,25+,27+,28+,29+,30-,31+,32+,33+,36+,37+,38-,39-,40-/m0/s1. The van der Waals surface area contributed by atoms with Crippen molar-refractivity contribution in [2.24, 2.45) is 0 Å². The topological polar surface area (TPSA) is 376 Å². The van der Waals surface area contributed by atoms with Crippen LogP contribution in [0.2, 0.25) is 0 Å². The molecular weight excluding hydrogens is 864 g/mol. The van der Waals surface area contributed by atoms with E-state index in [1.807, 2.05) is 0 Å². The highest BCUT2D eigenvalue weighted by molar-refractivity contribution is 5.88. The molecule has 2 aromatic carbocycles. The van der Waals surface area contributed by atoms with Crippen LogP contribution in [0.3, 0.4) is 0 Å². The number of rotatable bonds is 11. The SMILES string of the molecule is COc1cc(-c2oc3cc(O[C@@H]4O[C@@H](C)[C@H](O)[C@@H](O)[C@H]4O)cc(O)c3c(=O)c2O[C@@H]2O[C@H](CO[C@@H]3O[C@@H](C)[C@H](O)[C@@H](O)[C@H]3O)[C@@H](O)[C@H](O)[C@H]2O[C@@H]2O[C@@H](C)[C@H](O)[C@@H](O)[C@H]2O)ccc1O. The van der Waals surface area contributed by atoms with Crippen LogP contribution in [0.4, 0.5) is 0 Å². The first-order chi connectivity index (χ1) is 30.2. The summed E-state index contributed by atoms with van der Waals surface area (Å²) in [7, 11) is 1.24. The smallest absolute Gasteiger partial charge is 0.239 e. The summed E-state index contributed by atoms with van der Waals surface area (Å²) >= 11 is 0. The largest absolute Gasteiger partial charge is 0.507 e. The fourth-order valence-electron chi connectivity index (χ4n) is 7.71. The Kier molecular flexibility index (Phi) is 14.3. The predicted molar refractivity (Wildman–Crippen MR) is 208 cm³/mol. The highest BCUT2D eigenvalue weighted by Crippen LogP contribution is 2.41. The molecule has 7 rings (SSSR count). The first kappa shape index (κ1) is 47.9. The Morgan fingerprint density at radius 2 is 1.14 bits per heavy atom. The van der Waals surface area contributed by atoms with Gasteiger partial charge in [-0.05, 0) is 39.0 Å². The molecule has 1 aromatic heterocycles. The van der Waals surface area contributed by atoms with Crippen LogP contribution in [-0.4, -0.2) is 203 Å². The second-order valence-corrected chi connectivity index (χ2v) is 16.0. The van der Waals surface area contributed by atoms with Gasteiger partial charge in [0.2, 0.25) is 23.8 Å². The molecule has 0 radical (unpaired) electrons. The lowest BCUT2D eigenvalue weighted by Gasteiger charge is -2.46. The molecule has 0 bridgehead atoms. The Hall–Kier alpha value is -4.03. The summed E-state index contributed by atoms with van der Waals surface area (Å²) in [5, 5.41) is 138. The van der Waals surface area contributed by atoms with Gasteiger partial charge in [0, 0.05) is 17.7 Å². The van der Waals surface area contributed by atoms with Crippen molar-refractivity contribution in [1.82, 2.24) is 0 Å². The van der Waals surface area contributed by atoms with Crippen LogP contribution in [0.15, 0.2) is 39.5 Å². The molecule has 5 heterocycles. The maximum atomic E-state index is 14.6. The monoisotopic (exact) mass is 916 g/mol. The number of aromatic hydroxyl groups is 2. The van der Waals surface area contributed by atoms with Crippen LogP contribution in [0.5, 0.6) is 28.7 Å². The van der Waals surface area contributed by atoms with Crippen molar-refractivity contribution >= 4 is 11.0 Å². The molecule has 0 spiro atoms. The van der Waals surface area contributed by atoms with Gasteiger partial charge in [-0.15, -0.1) is 0 Å². The Labute approximate surface area is 362 Å². The molecule has 3 aromatic rings. The summed E-state index contributed by atoms with van der Waals surface area (Å²) < 4.78 is 57.4. The van der Waals surface area contributed by atoms with Crippen molar-refractivity contribution in [2.75, 3.05) is 13.7 Å². The molecule has 356 valence electrons. The van der Waals surface area contributed by atoms with Gasteiger partial charge >= 0.3 is 0 Å². The number of phenolic OH excluding ortho intramolecular Hbond substituents is 2. The predicted octanol–water partition coefficient (Wildman–Crippen LogP) is -4.03. The molecule has 4 saturated heterocycles. The Balaban J connectivity index is 1.29. The van der Waals surface area contributed by atoms with Crippen LogP contribution in [0.1, 0.15) is 20.8 Å².